The molecule has 0 bridgehead atoms. The summed E-state index contributed by atoms with van der Waals surface area (Å²) in [6, 6.07) is 12.6. The largest absolute Gasteiger partial charge is 0.320 e. The van der Waals surface area contributed by atoms with Crippen LogP contribution in [-0.2, 0) is 10.0 Å². The van der Waals surface area contributed by atoms with E-state index in [9.17, 15) is 23.3 Å². The molecule has 1 atom stereocenters. The maximum Gasteiger partial charge on any atom is 0.273 e. The first-order chi connectivity index (χ1) is 13.6. The molecule has 2 aromatic rings. The molecule has 8 nitrogen and oxygen atoms in total. The monoisotopic (exact) mass is 417 g/mol. The van der Waals surface area contributed by atoms with Crippen molar-refractivity contribution >= 4 is 21.6 Å². The third-order valence-electron chi connectivity index (χ3n) is 5.04. The molecule has 1 heterocycles. The van der Waals surface area contributed by atoms with Gasteiger partial charge >= 0.3 is 0 Å². The van der Waals surface area contributed by atoms with Crippen molar-refractivity contribution in [2.75, 3.05) is 13.1 Å². The third-order valence-corrected chi connectivity index (χ3v) is 6.90. The Hall–Kier alpha value is -2.78. The number of nitrogens with zero attached hydrogens (tertiary/aromatic N) is 3. The van der Waals surface area contributed by atoms with E-state index in [-0.39, 0.29) is 35.5 Å². The van der Waals surface area contributed by atoms with Crippen molar-refractivity contribution in [3.05, 3.63) is 69.8 Å². The van der Waals surface area contributed by atoms with Crippen molar-refractivity contribution in [2.24, 2.45) is 5.92 Å². The second-order valence-corrected chi connectivity index (χ2v) is 9.23. The number of carbonyl (C=O) groups excluding carboxylic acids is 1. The van der Waals surface area contributed by atoms with Crippen molar-refractivity contribution < 1.29 is 18.1 Å². The number of hydrogen-bond acceptors (Lipinski definition) is 5. The molecule has 0 saturated carbocycles. The Kier molecular flexibility index (Phi) is 5.72. The normalized spacial score (nSPS) is 17.7. The van der Waals surface area contributed by atoms with E-state index in [2.05, 4.69) is 0 Å². The number of carbonyl (C=O) groups is 1. The average molecular weight is 417 g/mol. The van der Waals surface area contributed by atoms with E-state index in [4.69, 9.17) is 0 Å². The molecule has 0 aromatic heterocycles. The number of benzene rings is 2. The molecule has 0 N–H and O–H groups in total. The van der Waals surface area contributed by atoms with Gasteiger partial charge in [-0.15, -0.1) is 0 Å². The van der Waals surface area contributed by atoms with E-state index < -0.39 is 21.1 Å². The van der Waals surface area contributed by atoms with E-state index in [1.165, 1.54) is 16.4 Å². The van der Waals surface area contributed by atoms with Gasteiger partial charge in [0, 0.05) is 30.3 Å². The Morgan fingerprint density at radius 1 is 1.14 bits per heavy atom. The molecule has 2 aromatic carbocycles. The quantitative estimate of drug-likeness (QED) is 0.550. The standard InChI is InChI=1S/C20H23N3O5S/c1-14(2)19-21(20(24)16-7-5-4-6-8-16)11-12-22(19)29(27,28)17-10-9-15(3)18(13-17)23(25)26/h4-10,13-14,19H,11-12H2,1-3H3/t19-/m1/s1. The molecule has 1 aliphatic rings. The molecular formula is C20H23N3O5S. The van der Waals surface area contributed by atoms with Gasteiger partial charge in [-0.25, -0.2) is 8.42 Å². The number of nitro groups is 1. The van der Waals surface area contributed by atoms with E-state index in [0.717, 1.165) is 6.07 Å². The Labute approximate surface area is 169 Å². The van der Waals surface area contributed by atoms with Crippen molar-refractivity contribution in [2.45, 2.75) is 31.8 Å². The Morgan fingerprint density at radius 2 is 1.79 bits per heavy atom. The summed E-state index contributed by atoms with van der Waals surface area (Å²) in [5, 5.41) is 11.2. The molecule has 3 rings (SSSR count). The van der Waals surface area contributed by atoms with Crippen LogP contribution in [0.4, 0.5) is 5.69 Å². The van der Waals surface area contributed by atoms with Crippen LogP contribution in [-0.4, -0.2) is 47.7 Å². The summed E-state index contributed by atoms with van der Waals surface area (Å²) in [5.41, 5.74) is 0.628. The van der Waals surface area contributed by atoms with E-state index in [0.29, 0.717) is 11.1 Å². The van der Waals surface area contributed by atoms with Crippen LogP contribution in [0.2, 0.25) is 0 Å². The zero-order chi connectivity index (χ0) is 21.3. The fourth-order valence-electron chi connectivity index (χ4n) is 3.63. The molecule has 0 unspecified atom stereocenters. The van der Waals surface area contributed by atoms with Gasteiger partial charge in [0.05, 0.1) is 9.82 Å². The van der Waals surface area contributed by atoms with Crippen LogP contribution in [0.25, 0.3) is 0 Å². The Balaban J connectivity index is 1.98. The molecule has 0 spiro atoms. The highest BCUT2D eigenvalue weighted by Gasteiger charge is 2.44. The summed E-state index contributed by atoms with van der Waals surface area (Å²) in [5.74, 6) is -0.405. The lowest BCUT2D eigenvalue weighted by Gasteiger charge is -2.32. The van der Waals surface area contributed by atoms with Crippen LogP contribution in [0.1, 0.15) is 29.8 Å². The molecule has 1 aliphatic heterocycles. The van der Waals surface area contributed by atoms with E-state index >= 15 is 0 Å². The minimum absolute atomic E-state index is 0.130. The average Bonchev–Trinajstić information content (AvgIpc) is 3.14. The molecular weight excluding hydrogens is 394 g/mol. The molecule has 0 radical (unpaired) electrons. The van der Waals surface area contributed by atoms with Gasteiger partial charge in [-0.05, 0) is 31.0 Å². The van der Waals surface area contributed by atoms with Crippen LogP contribution in [0, 0.1) is 23.0 Å². The van der Waals surface area contributed by atoms with Crippen LogP contribution in [0.15, 0.2) is 53.4 Å². The molecule has 1 amide bonds. The van der Waals surface area contributed by atoms with Gasteiger partial charge in [0.25, 0.3) is 11.6 Å². The van der Waals surface area contributed by atoms with E-state index in [1.807, 2.05) is 19.9 Å². The lowest BCUT2D eigenvalue weighted by atomic mass is 10.1. The molecule has 0 aliphatic carbocycles. The highest BCUT2D eigenvalue weighted by atomic mass is 32.2. The van der Waals surface area contributed by atoms with Crippen LogP contribution in [0.3, 0.4) is 0 Å². The minimum atomic E-state index is -4.02. The lowest BCUT2D eigenvalue weighted by Crippen LogP contribution is -2.47. The highest BCUT2D eigenvalue weighted by molar-refractivity contribution is 7.89. The molecule has 1 saturated heterocycles. The fraction of sp³-hybridized carbons (Fsp3) is 0.350. The fourth-order valence-corrected chi connectivity index (χ4v) is 5.37. The highest BCUT2D eigenvalue weighted by Crippen LogP contribution is 2.31. The van der Waals surface area contributed by atoms with Gasteiger partial charge in [-0.3, -0.25) is 14.9 Å². The summed E-state index contributed by atoms with van der Waals surface area (Å²) in [4.78, 5) is 25.0. The number of amides is 1. The number of sulfonamides is 1. The number of hydrogen-bond donors (Lipinski definition) is 0. The molecule has 9 heteroatoms. The van der Waals surface area contributed by atoms with Gasteiger partial charge in [-0.1, -0.05) is 38.1 Å². The third kappa shape index (κ3) is 3.88. The summed E-state index contributed by atoms with van der Waals surface area (Å²) in [6.07, 6.45) is -0.673. The number of aryl methyl sites for hydroxylation is 1. The van der Waals surface area contributed by atoms with Crippen molar-refractivity contribution in [1.29, 1.82) is 0 Å². The van der Waals surface area contributed by atoms with Crippen LogP contribution in [0.5, 0.6) is 0 Å². The maximum atomic E-state index is 13.3. The van der Waals surface area contributed by atoms with Crippen molar-refractivity contribution in [3.63, 3.8) is 0 Å². The Bertz CT molecular complexity index is 1040. The first-order valence-electron chi connectivity index (χ1n) is 9.27. The lowest BCUT2D eigenvalue weighted by molar-refractivity contribution is -0.385. The predicted octanol–water partition coefficient (Wildman–Crippen LogP) is 3.03. The first-order valence-corrected chi connectivity index (χ1v) is 10.7. The number of rotatable bonds is 5. The predicted molar refractivity (Wildman–Crippen MR) is 108 cm³/mol. The van der Waals surface area contributed by atoms with Gasteiger partial charge < -0.3 is 4.90 Å². The summed E-state index contributed by atoms with van der Waals surface area (Å²) in [7, 11) is -4.02. The SMILES string of the molecule is Cc1ccc(S(=O)(=O)N2CCN(C(=O)c3ccccc3)[C@H]2C(C)C)cc1[N+](=O)[O-]. The molecule has 29 heavy (non-hydrogen) atoms. The van der Waals surface area contributed by atoms with Gasteiger partial charge in [-0.2, -0.15) is 4.31 Å². The zero-order valence-electron chi connectivity index (χ0n) is 16.5. The molecule has 154 valence electrons. The Morgan fingerprint density at radius 3 is 2.38 bits per heavy atom. The zero-order valence-corrected chi connectivity index (χ0v) is 17.3. The van der Waals surface area contributed by atoms with Crippen LogP contribution >= 0.6 is 0 Å². The topological polar surface area (TPSA) is 101 Å². The van der Waals surface area contributed by atoms with E-state index in [1.54, 1.807) is 36.1 Å². The van der Waals surface area contributed by atoms with Crippen LogP contribution < -0.4 is 0 Å². The smallest absolute Gasteiger partial charge is 0.273 e. The maximum absolute atomic E-state index is 13.3. The second-order valence-electron chi connectivity index (χ2n) is 7.34. The summed E-state index contributed by atoms with van der Waals surface area (Å²) < 4.78 is 27.9. The minimum Gasteiger partial charge on any atom is -0.320 e. The van der Waals surface area contributed by atoms with Gasteiger partial charge in [0.15, 0.2) is 0 Å². The van der Waals surface area contributed by atoms with Crippen molar-refractivity contribution in [1.82, 2.24) is 9.21 Å². The first kappa shape index (κ1) is 20.9. The summed E-state index contributed by atoms with van der Waals surface area (Å²) >= 11 is 0. The van der Waals surface area contributed by atoms with Crippen molar-refractivity contribution in [3.8, 4) is 0 Å². The molecule has 1 fully saturated rings. The number of nitro benzene ring substituents is 1. The van der Waals surface area contributed by atoms with Gasteiger partial charge in [0.2, 0.25) is 10.0 Å². The van der Waals surface area contributed by atoms with Gasteiger partial charge in [0.1, 0.15) is 6.17 Å². The second kappa shape index (κ2) is 7.92. The summed E-state index contributed by atoms with van der Waals surface area (Å²) in [6.45, 7) is 5.64.